The van der Waals surface area contributed by atoms with Gasteiger partial charge in [-0.1, -0.05) is 30.0 Å². The van der Waals surface area contributed by atoms with Crippen molar-refractivity contribution >= 4 is 0 Å². The molecule has 2 rings (SSSR count). The average Bonchev–Trinajstić information content (AvgIpc) is 2.12. The van der Waals surface area contributed by atoms with Gasteiger partial charge in [-0.15, -0.1) is 0 Å². The number of hydrogen-bond acceptors (Lipinski definition) is 2. The van der Waals surface area contributed by atoms with Crippen LogP contribution in [0.1, 0.15) is 5.56 Å². The summed E-state index contributed by atoms with van der Waals surface area (Å²) in [7, 11) is 0. The van der Waals surface area contributed by atoms with E-state index in [9.17, 15) is 5.21 Å². The molecule has 0 radical (unpaired) electrons. The molecule has 2 nitrogen and oxygen atoms in total. The van der Waals surface area contributed by atoms with E-state index in [2.05, 4.69) is 11.8 Å². The van der Waals surface area contributed by atoms with Crippen LogP contribution in [0, 0.1) is 23.0 Å². The molecule has 1 heterocycles. The molecule has 66 valence electrons. The number of hydroxylamine groups is 2. The first-order valence-electron chi connectivity index (χ1n) is 4.33. The highest BCUT2D eigenvalue weighted by molar-refractivity contribution is 5.34. The van der Waals surface area contributed by atoms with Crippen molar-refractivity contribution in [2.75, 3.05) is 13.1 Å². The number of benzene rings is 1. The summed E-state index contributed by atoms with van der Waals surface area (Å²) in [5.74, 6) is 6.40. The van der Waals surface area contributed by atoms with Crippen LogP contribution in [0.2, 0.25) is 0 Å². The summed E-state index contributed by atoms with van der Waals surface area (Å²) >= 11 is 0. The van der Waals surface area contributed by atoms with Crippen molar-refractivity contribution in [1.82, 2.24) is 5.06 Å². The van der Waals surface area contributed by atoms with Gasteiger partial charge in [0.05, 0.1) is 0 Å². The van der Waals surface area contributed by atoms with Crippen LogP contribution < -0.4 is 0 Å². The van der Waals surface area contributed by atoms with Crippen molar-refractivity contribution in [1.29, 1.82) is 0 Å². The maximum absolute atomic E-state index is 10.6. The topological polar surface area (TPSA) is 26.3 Å². The Morgan fingerprint density at radius 1 is 1.23 bits per heavy atom. The smallest absolute Gasteiger partial charge is 0.0442 e. The molecule has 0 amide bonds. The highest BCUT2D eigenvalue weighted by Crippen LogP contribution is 2.11. The number of nitrogens with zero attached hydrogens (tertiary/aromatic N) is 1. The van der Waals surface area contributed by atoms with E-state index in [0.717, 1.165) is 10.6 Å². The maximum atomic E-state index is 10.6. The van der Waals surface area contributed by atoms with Crippen LogP contribution in [0.25, 0.3) is 0 Å². The van der Waals surface area contributed by atoms with Gasteiger partial charge in [0, 0.05) is 24.6 Å². The summed E-state index contributed by atoms with van der Waals surface area (Å²) in [6.45, 7) is 1.14. The van der Waals surface area contributed by atoms with Crippen LogP contribution in [0.5, 0.6) is 0 Å². The van der Waals surface area contributed by atoms with E-state index in [1.165, 1.54) is 0 Å². The standard InChI is InChI=1S/C11H10NO/c13-12-8-11(9-12)7-6-10-4-2-1-3-5-10/h1-5,11H,8-9H2/q-1. The lowest BCUT2D eigenvalue weighted by Crippen LogP contribution is -2.41. The fourth-order valence-electron chi connectivity index (χ4n) is 1.24. The van der Waals surface area contributed by atoms with Crippen LogP contribution in [0.4, 0.5) is 0 Å². The van der Waals surface area contributed by atoms with Crippen molar-refractivity contribution in [3.8, 4) is 11.8 Å². The largest absolute Gasteiger partial charge is 0.785 e. The van der Waals surface area contributed by atoms with Gasteiger partial charge in [0.15, 0.2) is 0 Å². The summed E-state index contributed by atoms with van der Waals surface area (Å²) < 4.78 is 0. The van der Waals surface area contributed by atoms with Gasteiger partial charge in [-0.2, -0.15) is 0 Å². The fraction of sp³-hybridized carbons (Fsp3) is 0.273. The fourth-order valence-corrected chi connectivity index (χ4v) is 1.24. The first kappa shape index (κ1) is 8.31. The third-order valence-corrected chi connectivity index (χ3v) is 2.04. The predicted octanol–water partition coefficient (Wildman–Crippen LogP) is 1.47. The lowest BCUT2D eigenvalue weighted by atomic mass is 10.0. The zero-order valence-electron chi connectivity index (χ0n) is 7.23. The number of hydrogen-bond donors (Lipinski definition) is 0. The van der Waals surface area contributed by atoms with E-state index >= 15 is 0 Å². The van der Waals surface area contributed by atoms with Gasteiger partial charge in [0.1, 0.15) is 0 Å². The molecule has 0 N–H and O–H groups in total. The third kappa shape index (κ3) is 2.09. The zero-order chi connectivity index (χ0) is 9.10. The summed E-state index contributed by atoms with van der Waals surface area (Å²) in [4.78, 5) is 0. The second-order valence-corrected chi connectivity index (χ2v) is 3.18. The first-order chi connectivity index (χ1) is 6.34. The molecule has 0 saturated carbocycles. The normalized spacial score (nSPS) is 17.3. The maximum Gasteiger partial charge on any atom is 0.0442 e. The van der Waals surface area contributed by atoms with E-state index in [-0.39, 0.29) is 5.92 Å². The van der Waals surface area contributed by atoms with Gasteiger partial charge in [-0.05, 0) is 12.1 Å². The molecular formula is C11H10NO-. The molecular weight excluding hydrogens is 162 g/mol. The molecule has 13 heavy (non-hydrogen) atoms. The Bertz CT molecular complexity index is 330. The Kier molecular flexibility index (Phi) is 2.31. The van der Waals surface area contributed by atoms with Crippen LogP contribution >= 0.6 is 0 Å². The van der Waals surface area contributed by atoms with Crippen molar-refractivity contribution in [2.24, 2.45) is 5.92 Å². The van der Waals surface area contributed by atoms with Gasteiger partial charge >= 0.3 is 0 Å². The third-order valence-electron chi connectivity index (χ3n) is 2.04. The predicted molar refractivity (Wildman–Crippen MR) is 51.8 cm³/mol. The van der Waals surface area contributed by atoms with Gasteiger partial charge in [-0.3, -0.25) is 0 Å². The lowest BCUT2D eigenvalue weighted by molar-refractivity contribution is 0.208. The molecule has 0 unspecified atom stereocenters. The zero-order valence-corrected chi connectivity index (χ0v) is 7.23. The van der Waals surface area contributed by atoms with Crippen LogP contribution in [0.3, 0.4) is 0 Å². The minimum absolute atomic E-state index is 0.276. The Hall–Kier alpha value is -1.30. The van der Waals surface area contributed by atoms with Gasteiger partial charge in [0.25, 0.3) is 0 Å². The Balaban J connectivity index is 1.98. The van der Waals surface area contributed by atoms with E-state index < -0.39 is 0 Å². The Morgan fingerprint density at radius 3 is 2.54 bits per heavy atom. The van der Waals surface area contributed by atoms with Crippen LogP contribution in [-0.2, 0) is 0 Å². The van der Waals surface area contributed by atoms with Crippen LogP contribution in [0.15, 0.2) is 30.3 Å². The molecule has 1 saturated heterocycles. The molecule has 0 spiro atoms. The average molecular weight is 172 g/mol. The molecule has 0 atom stereocenters. The lowest BCUT2D eigenvalue weighted by Gasteiger charge is -2.41. The molecule has 1 aliphatic rings. The molecule has 1 aromatic carbocycles. The SMILES string of the molecule is [O-]N1CC(C#Cc2ccccc2)C1. The van der Waals surface area contributed by atoms with Gasteiger partial charge < -0.3 is 10.3 Å². The number of rotatable bonds is 0. The van der Waals surface area contributed by atoms with E-state index in [0.29, 0.717) is 13.1 Å². The second-order valence-electron chi connectivity index (χ2n) is 3.18. The Morgan fingerprint density at radius 2 is 1.92 bits per heavy atom. The molecule has 2 heteroatoms. The van der Waals surface area contributed by atoms with Crippen molar-refractivity contribution < 1.29 is 0 Å². The minimum Gasteiger partial charge on any atom is -0.785 e. The summed E-state index contributed by atoms with van der Waals surface area (Å²) in [6.07, 6.45) is 0. The van der Waals surface area contributed by atoms with E-state index in [4.69, 9.17) is 0 Å². The highest BCUT2D eigenvalue weighted by atomic mass is 16.5. The van der Waals surface area contributed by atoms with Gasteiger partial charge in [-0.25, -0.2) is 0 Å². The van der Waals surface area contributed by atoms with Crippen molar-refractivity contribution in [3.63, 3.8) is 0 Å². The van der Waals surface area contributed by atoms with Crippen molar-refractivity contribution in [3.05, 3.63) is 41.1 Å². The Labute approximate surface area is 77.8 Å². The summed E-state index contributed by atoms with van der Waals surface area (Å²) in [5.41, 5.74) is 1.02. The quantitative estimate of drug-likeness (QED) is 0.554. The molecule has 1 aliphatic heterocycles. The molecule has 0 bridgehead atoms. The van der Waals surface area contributed by atoms with Gasteiger partial charge in [0.2, 0.25) is 0 Å². The molecule has 1 fully saturated rings. The van der Waals surface area contributed by atoms with Crippen LogP contribution in [-0.4, -0.2) is 18.2 Å². The molecule has 0 aliphatic carbocycles. The molecule has 0 aromatic heterocycles. The minimum atomic E-state index is 0.276. The summed E-state index contributed by atoms with van der Waals surface area (Å²) in [5, 5.41) is 11.6. The van der Waals surface area contributed by atoms with E-state index in [1.54, 1.807) is 0 Å². The highest BCUT2D eigenvalue weighted by Gasteiger charge is 2.16. The van der Waals surface area contributed by atoms with E-state index in [1.807, 2.05) is 30.3 Å². The first-order valence-corrected chi connectivity index (χ1v) is 4.33. The second kappa shape index (κ2) is 3.61. The monoisotopic (exact) mass is 172 g/mol. The van der Waals surface area contributed by atoms with Crippen molar-refractivity contribution in [2.45, 2.75) is 0 Å². The molecule has 1 aromatic rings. The summed E-state index contributed by atoms with van der Waals surface area (Å²) in [6, 6.07) is 9.84.